The molecule has 0 aliphatic heterocycles. The van der Waals surface area contributed by atoms with Crippen molar-refractivity contribution >= 4 is 0 Å². The minimum absolute atomic E-state index is 0.244. The number of aryl methyl sites for hydroxylation is 1. The van der Waals surface area contributed by atoms with Crippen molar-refractivity contribution < 1.29 is 0 Å². The zero-order valence-electron chi connectivity index (χ0n) is 14.1. The Morgan fingerprint density at radius 2 is 1.27 bits per heavy atom. The number of aromatic amines is 2. The first-order valence-corrected chi connectivity index (χ1v) is 9.05. The normalized spacial score (nSPS) is 11.0. The van der Waals surface area contributed by atoms with Crippen molar-refractivity contribution in [3.63, 3.8) is 0 Å². The minimum atomic E-state index is -0.427. The van der Waals surface area contributed by atoms with Crippen molar-refractivity contribution in [1.82, 2.24) is 9.97 Å². The maximum absolute atomic E-state index is 11.5. The molecule has 0 amide bonds. The molecule has 1 rings (SSSR count). The number of H-pyrrole nitrogens is 2. The van der Waals surface area contributed by atoms with E-state index >= 15 is 0 Å². The number of hydrogen-bond acceptors (Lipinski definition) is 2. The van der Waals surface area contributed by atoms with E-state index in [1.54, 1.807) is 6.20 Å². The Hall–Kier alpha value is -1.32. The molecule has 4 nitrogen and oxygen atoms in total. The maximum Gasteiger partial charge on any atom is 0.325 e. The van der Waals surface area contributed by atoms with Crippen LogP contribution in [0.25, 0.3) is 0 Å². The lowest BCUT2D eigenvalue weighted by Crippen LogP contribution is -2.24. The molecule has 0 aromatic carbocycles. The van der Waals surface area contributed by atoms with E-state index in [2.05, 4.69) is 16.9 Å². The maximum atomic E-state index is 11.5. The van der Waals surface area contributed by atoms with E-state index in [1.165, 1.54) is 64.2 Å². The average molecular weight is 308 g/mol. The summed E-state index contributed by atoms with van der Waals surface area (Å²) in [5.41, 5.74) is 0.0157. The van der Waals surface area contributed by atoms with Gasteiger partial charge in [0.2, 0.25) is 0 Å². The molecule has 0 aliphatic carbocycles. The Morgan fingerprint density at radius 3 is 1.77 bits per heavy atom. The number of rotatable bonds is 13. The Morgan fingerprint density at radius 1 is 0.773 bits per heavy atom. The van der Waals surface area contributed by atoms with Gasteiger partial charge in [-0.3, -0.25) is 9.78 Å². The molecule has 2 N–H and O–H groups in total. The SMILES string of the molecule is CCCCCCCCCCCCCCc1c[nH]c(=O)[nH]c1=O. The van der Waals surface area contributed by atoms with Crippen LogP contribution in [0.1, 0.15) is 89.5 Å². The molecule has 0 saturated carbocycles. The highest BCUT2D eigenvalue weighted by Gasteiger charge is 2.00. The van der Waals surface area contributed by atoms with Crippen molar-refractivity contribution in [2.24, 2.45) is 0 Å². The van der Waals surface area contributed by atoms with Crippen LogP contribution in [0, 0.1) is 0 Å². The third-order valence-electron chi connectivity index (χ3n) is 4.20. The van der Waals surface area contributed by atoms with E-state index < -0.39 is 5.69 Å². The highest BCUT2D eigenvalue weighted by Crippen LogP contribution is 2.12. The van der Waals surface area contributed by atoms with Gasteiger partial charge in [0.05, 0.1) is 0 Å². The predicted octanol–water partition coefficient (Wildman–Crippen LogP) is 4.31. The predicted molar refractivity (Wildman–Crippen MR) is 92.5 cm³/mol. The van der Waals surface area contributed by atoms with Crippen LogP contribution in [0.2, 0.25) is 0 Å². The molecule has 1 aromatic rings. The Bertz CT molecular complexity index is 490. The van der Waals surface area contributed by atoms with Crippen molar-refractivity contribution in [3.8, 4) is 0 Å². The largest absolute Gasteiger partial charge is 0.325 e. The number of aromatic nitrogens is 2. The molecule has 22 heavy (non-hydrogen) atoms. The second-order valence-corrected chi connectivity index (χ2v) is 6.24. The number of nitrogens with one attached hydrogen (secondary N) is 2. The van der Waals surface area contributed by atoms with E-state index in [1.807, 2.05) is 0 Å². The highest BCUT2D eigenvalue weighted by molar-refractivity contribution is 5.02. The summed E-state index contributed by atoms with van der Waals surface area (Å²) in [6, 6.07) is 0. The standard InChI is InChI=1S/C18H32N2O2/c1-2-3-4-5-6-7-8-9-10-11-12-13-14-16-15-19-18(22)20-17(16)21/h15H,2-14H2,1H3,(H2,19,20,21,22). The van der Waals surface area contributed by atoms with E-state index in [9.17, 15) is 9.59 Å². The summed E-state index contributed by atoms with van der Waals surface area (Å²) in [5, 5.41) is 0. The monoisotopic (exact) mass is 308 g/mol. The Labute approximate surface area is 133 Å². The lowest BCUT2D eigenvalue weighted by molar-refractivity contribution is 0.543. The third kappa shape index (κ3) is 8.85. The van der Waals surface area contributed by atoms with Crippen LogP contribution in [0.4, 0.5) is 0 Å². The summed E-state index contributed by atoms with van der Waals surface area (Å²) < 4.78 is 0. The number of hydrogen-bond donors (Lipinski definition) is 2. The van der Waals surface area contributed by atoms with Crippen molar-refractivity contribution in [1.29, 1.82) is 0 Å². The first kappa shape index (κ1) is 18.7. The van der Waals surface area contributed by atoms with Gasteiger partial charge in [-0.2, -0.15) is 0 Å². The fourth-order valence-corrected chi connectivity index (χ4v) is 2.78. The highest BCUT2D eigenvalue weighted by atomic mass is 16.2. The topological polar surface area (TPSA) is 65.7 Å². The van der Waals surface area contributed by atoms with Crippen LogP contribution in [0.15, 0.2) is 15.8 Å². The molecular formula is C18H32N2O2. The first-order valence-electron chi connectivity index (χ1n) is 9.05. The van der Waals surface area contributed by atoms with Gasteiger partial charge in [0.25, 0.3) is 5.56 Å². The number of unbranched alkanes of at least 4 members (excludes halogenated alkanes) is 11. The Balaban J connectivity index is 1.91. The van der Waals surface area contributed by atoms with Crippen molar-refractivity contribution in [2.45, 2.75) is 90.4 Å². The van der Waals surface area contributed by atoms with Crippen molar-refractivity contribution in [2.75, 3.05) is 0 Å². The van der Waals surface area contributed by atoms with Gasteiger partial charge in [0.1, 0.15) is 0 Å². The zero-order chi connectivity index (χ0) is 16.0. The summed E-state index contributed by atoms with van der Waals surface area (Å²) in [6.45, 7) is 2.26. The second kappa shape index (κ2) is 12.2. The smallest absolute Gasteiger partial charge is 0.314 e. The quantitative estimate of drug-likeness (QED) is 0.533. The van der Waals surface area contributed by atoms with E-state index in [-0.39, 0.29) is 5.56 Å². The van der Waals surface area contributed by atoms with Crippen LogP contribution in [0.5, 0.6) is 0 Å². The fourth-order valence-electron chi connectivity index (χ4n) is 2.78. The molecule has 4 heteroatoms. The molecule has 1 heterocycles. The molecule has 0 atom stereocenters. The van der Waals surface area contributed by atoms with Gasteiger partial charge in [-0.05, 0) is 12.8 Å². The van der Waals surface area contributed by atoms with Gasteiger partial charge in [-0.15, -0.1) is 0 Å². The second-order valence-electron chi connectivity index (χ2n) is 6.24. The minimum Gasteiger partial charge on any atom is -0.314 e. The lowest BCUT2D eigenvalue weighted by atomic mass is 10.0. The van der Waals surface area contributed by atoms with Crippen molar-refractivity contribution in [3.05, 3.63) is 32.6 Å². The third-order valence-corrected chi connectivity index (χ3v) is 4.20. The van der Waals surface area contributed by atoms with Crippen LogP contribution >= 0.6 is 0 Å². The summed E-state index contributed by atoms with van der Waals surface area (Å²) in [7, 11) is 0. The van der Waals surface area contributed by atoms with Crippen LogP contribution in [0.3, 0.4) is 0 Å². The molecule has 0 bridgehead atoms. The lowest BCUT2D eigenvalue weighted by Gasteiger charge is -2.03. The molecule has 0 unspecified atom stereocenters. The summed E-state index contributed by atoms with van der Waals surface area (Å²) in [6.07, 6.45) is 18.0. The summed E-state index contributed by atoms with van der Waals surface area (Å²) >= 11 is 0. The Kier molecular flexibility index (Phi) is 10.4. The molecule has 0 aliphatic rings. The van der Waals surface area contributed by atoms with Crippen LogP contribution in [-0.4, -0.2) is 9.97 Å². The summed E-state index contributed by atoms with van der Waals surface area (Å²) in [4.78, 5) is 27.2. The van der Waals surface area contributed by atoms with Gasteiger partial charge in [0.15, 0.2) is 0 Å². The molecule has 0 radical (unpaired) electrons. The summed E-state index contributed by atoms with van der Waals surface area (Å²) in [5.74, 6) is 0. The molecular weight excluding hydrogens is 276 g/mol. The molecule has 126 valence electrons. The zero-order valence-corrected chi connectivity index (χ0v) is 14.1. The molecule has 0 fully saturated rings. The van der Waals surface area contributed by atoms with Gasteiger partial charge in [-0.1, -0.05) is 77.6 Å². The van der Waals surface area contributed by atoms with E-state index in [0.717, 1.165) is 19.3 Å². The van der Waals surface area contributed by atoms with Crippen LogP contribution < -0.4 is 11.2 Å². The van der Waals surface area contributed by atoms with E-state index in [4.69, 9.17) is 0 Å². The van der Waals surface area contributed by atoms with Gasteiger partial charge < -0.3 is 4.98 Å². The van der Waals surface area contributed by atoms with E-state index in [0.29, 0.717) is 5.56 Å². The molecule has 0 saturated heterocycles. The molecule has 0 spiro atoms. The van der Waals surface area contributed by atoms with Gasteiger partial charge in [0, 0.05) is 11.8 Å². The average Bonchev–Trinajstić information content (AvgIpc) is 2.50. The molecule has 1 aromatic heterocycles. The van der Waals surface area contributed by atoms with Gasteiger partial charge in [-0.25, -0.2) is 4.79 Å². The fraction of sp³-hybridized carbons (Fsp3) is 0.778. The first-order chi connectivity index (χ1) is 10.7. The van der Waals surface area contributed by atoms with Gasteiger partial charge >= 0.3 is 5.69 Å². The van der Waals surface area contributed by atoms with Crippen LogP contribution in [-0.2, 0) is 6.42 Å².